The van der Waals surface area contributed by atoms with Crippen LogP contribution in [-0.4, -0.2) is 28.5 Å². The fourth-order valence-electron chi connectivity index (χ4n) is 2.85. The third-order valence-electron chi connectivity index (χ3n) is 4.63. The molecule has 1 N–H and O–H groups in total. The summed E-state index contributed by atoms with van der Waals surface area (Å²) in [6.45, 7) is 1.88. The Morgan fingerprint density at radius 3 is 2.37 bits per heavy atom. The van der Waals surface area contributed by atoms with E-state index < -0.39 is 10.0 Å². The number of nitrogens with zero attached hydrogens (tertiary/aromatic N) is 1. The highest BCUT2D eigenvalue weighted by atomic mass is 79.9. The van der Waals surface area contributed by atoms with Crippen molar-refractivity contribution in [2.75, 3.05) is 23.8 Å². The molecule has 0 unspecified atom stereocenters. The third kappa shape index (κ3) is 4.66. The summed E-state index contributed by atoms with van der Waals surface area (Å²) in [6, 6.07) is 18.2. The number of rotatable bonds is 6. The SMILES string of the molecule is COc1ccc(N(C)S(=O)(=O)c2cccc(C(=O)Nc3ccc(Br)cc3C)c2)cc1. The van der Waals surface area contributed by atoms with Crippen LogP contribution >= 0.6 is 15.9 Å². The minimum atomic E-state index is -3.85. The number of methoxy groups -OCH3 is 1. The summed E-state index contributed by atoms with van der Waals surface area (Å²) in [5.74, 6) is 0.246. The number of aryl methyl sites for hydroxylation is 1. The normalized spacial score (nSPS) is 11.1. The molecule has 0 aromatic heterocycles. The topological polar surface area (TPSA) is 75.7 Å². The molecule has 156 valence electrons. The zero-order valence-electron chi connectivity index (χ0n) is 16.7. The Kier molecular flexibility index (Phi) is 6.48. The van der Waals surface area contributed by atoms with Crippen LogP contribution in [0.4, 0.5) is 11.4 Å². The quantitative estimate of drug-likeness (QED) is 0.538. The Morgan fingerprint density at radius 2 is 1.73 bits per heavy atom. The molecule has 0 bridgehead atoms. The van der Waals surface area contributed by atoms with Gasteiger partial charge < -0.3 is 10.1 Å². The van der Waals surface area contributed by atoms with E-state index in [9.17, 15) is 13.2 Å². The lowest BCUT2D eigenvalue weighted by atomic mass is 10.1. The van der Waals surface area contributed by atoms with E-state index in [1.165, 1.54) is 23.5 Å². The first kappa shape index (κ1) is 21.9. The number of anilines is 2. The molecule has 0 radical (unpaired) electrons. The predicted octanol–water partition coefficient (Wildman–Crippen LogP) is 4.84. The molecule has 0 aliphatic carbocycles. The lowest BCUT2D eigenvalue weighted by Crippen LogP contribution is -2.26. The van der Waals surface area contributed by atoms with Crippen LogP contribution in [0.15, 0.2) is 76.1 Å². The Bertz CT molecular complexity index is 1180. The number of carbonyl (C=O) groups is 1. The molecule has 0 heterocycles. The second kappa shape index (κ2) is 8.89. The molecule has 0 atom stereocenters. The number of ether oxygens (including phenoxy) is 1. The summed E-state index contributed by atoms with van der Waals surface area (Å²) < 4.78 is 33.3. The van der Waals surface area contributed by atoms with Crippen LogP contribution in [-0.2, 0) is 10.0 Å². The fraction of sp³-hybridized carbons (Fsp3) is 0.136. The molecule has 3 rings (SSSR count). The highest BCUT2D eigenvalue weighted by Crippen LogP contribution is 2.25. The van der Waals surface area contributed by atoms with Gasteiger partial charge in [-0.25, -0.2) is 8.42 Å². The number of hydrogen-bond acceptors (Lipinski definition) is 4. The van der Waals surface area contributed by atoms with Gasteiger partial charge in [-0.3, -0.25) is 9.10 Å². The van der Waals surface area contributed by atoms with Gasteiger partial charge in [-0.2, -0.15) is 0 Å². The van der Waals surface area contributed by atoms with Crippen molar-refractivity contribution in [3.8, 4) is 5.75 Å². The summed E-state index contributed by atoms with van der Waals surface area (Å²) in [5, 5.41) is 2.82. The van der Waals surface area contributed by atoms with Gasteiger partial charge in [0.05, 0.1) is 17.7 Å². The van der Waals surface area contributed by atoms with Gasteiger partial charge in [0.15, 0.2) is 0 Å². The Morgan fingerprint density at radius 1 is 1.03 bits per heavy atom. The maximum absolute atomic E-state index is 13.1. The van der Waals surface area contributed by atoms with Crippen LogP contribution in [0.1, 0.15) is 15.9 Å². The van der Waals surface area contributed by atoms with E-state index in [1.807, 2.05) is 19.1 Å². The summed E-state index contributed by atoms with van der Waals surface area (Å²) in [5.41, 5.74) is 2.28. The van der Waals surface area contributed by atoms with Gasteiger partial charge in [0.25, 0.3) is 15.9 Å². The molecular formula is C22H21BrN2O4S. The van der Waals surface area contributed by atoms with Crippen LogP contribution in [0, 0.1) is 6.92 Å². The molecular weight excluding hydrogens is 468 g/mol. The highest BCUT2D eigenvalue weighted by Gasteiger charge is 2.22. The van der Waals surface area contributed by atoms with E-state index in [-0.39, 0.29) is 16.4 Å². The van der Waals surface area contributed by atoms with E-state index in [4.69, 9.17) is 4.74 Å². The first-order valence-corrected chi connectivity index (χ1v) is 11.3. The largest absolute Gasteiger partial charge is 0.497 e. The average molecular weight is 489 g/mol. The molecule has 6 nitrogen and oxygen atoms in total. The van der Waals surface area contributed by atoms with Crippen LogP contribution in [0.2, 0.25) is 0 Å². The number of carbonyl (C=O) groups excluding carboxylic acids is 1. The second-order valence-corrected chi connectivity index (χ2v) is 9.50. The summed E-state index contributed by atoms with van der Waals surface area (Å²) in [4.78, 5) is 12.7. The first-order chi connectivity index (χ1) is 14.2. The molecule has 0 aliphatic rings. The number of amides is 1. The van der Waals surface area contributed by atoms with E-state index in [2.05, 4.69) is 21.2 Å². The molecule has 0 saturated heterocycles. The minimum absolute atomic E-state index is 0.0287. The van der Waals surface area contributed by atoms with E-state index >= 15 is 0 Å². The van der Waals surface area contributed by atoms with Crippen molar-refractivity contribution in [2.24, 2.45) is 0 Å². The number of hydrogen-bond donors (Lipinski definition) is 1. The lowest BCUT2D eigenvalue weighted by molar-refractivity contribution is 0.102. The van der Waals surface area contributed by atoms with Crippen molar-refractivity contribution in [3.63, 3.8) is 0 Å². The van der Waals surface area contributed by atoms with Gasteiger partial charge in [0.2, 0.25) is 0 Å². The van der Waals surface area contributed by atoms with Gasteiger partial charge in [0.1, 0.15) is 5.75 Å². The minimum Gasteiger partial charge on any atom is -0.497 e. The molecule has 0 spiro atoms. The number of sulfonamides is 1. The molecule has 1 amide bonds. The van der Waals surface area contributed by atoms with E-state index in [0.717, 1.165) is 10.0 Å². The van der Waals surface area contributed by atoms with Crippen molar-refractivity contribution < 1.29 is 17.9 Å². The number of halogens is 1. The zero-order chi connectivity index (χ0) is 21.9. The lowest BCUT2D eigenvalue weighted by Gasteiger charge is -2.20. The van der Waals surface area contributed by atoms with Gasteiger partial charge >= 0.3 is 0 Å². The fourth-order valence-corrected chi connectivity index (χ4v) is 4.57. The molecule has 0 fully saturated rings. The molecule has 3 aromatic carbocycles. The Hall–Kier alpha value is -2.84. The summed E-state index contributed by atoms with van der Waals surface area (Å²) in [7, 11) is -0.837. The number of nitrogens with one attached hydrogen (secondary N) is 1. The molecule has 8 heteroatoms. The van der Waals surface area contributed by atoms with Crippen molar-refractivity contribution in [1.82, 2.24) is 0 Å². The van der Waals surface area contributed by atoms with Gasteiger partial charge in [0, 0.05) is 22.8 Å². The maximum Gasteiger partial charge on any atom is 0.264 e. The van der Waals surface area contributed by atoms with Crippen molar-refractivity contribution >= 4 is 43.2 Å². The van der Waals surface area contributed by atoms with E-state index in [0.29, 0.717) is 17.1 Å². The predicted molar refractivity (Wildman–Crippen MR) is 122 cm³/mol. The van der Waals surface area contributed by atoms with Gasteiger partial charge in [-0.1, -0.05) is 22.0 Å². The summed E-state index contributed by atoms with van der Waals surface area (Å²) >= 11 is 3.39. The Labute approximate surface area is 184 Å². The second-order valence-electron chi connectivity index (χ2n) is 6.61. The van der Waals surface area contributed by atoms with E-state index in [1.54, 1.807) is 49.6 Å². The smallest absolute Gasteiger partial charge is 0.264 e. The van der Waals surface area contributed by atoms with Gasteiger partial charge in [-0.15, -0.1) is 0 Å². The Balaban J connectivity index is 1.86. The molecule has 0 aliphatic heterocycles. The van der Waals surface area contributed by atoms with Crippen molar-refractivity contribution in [3.05, 3.63) is 82.3 Å². The van der Waals surface area contributed by atoms with Crippen LogP contribution in [0.3, 0.4) is 0 Å². The van der Waals surface area contributed by atoms with Crippen molar-refractivity contribution in [2.45, 2.75) is 11.8 Å². The molecule has 30 heavy (non-hydrogen) atoms. The molecule has 3 aromatic rings. The van der Waals surface area contributed by atoms with Gasteiger partial charge in [-0.05, 0) is 73.2 Å². The van der Waals surface area contributed by atoms with Crippen molar-refractivity contribution in [1.29, 1.82) is 0 Å². The molecule has 0 saturated carbocycles. The third-order valence-corrected chi connectivity index (χ3v) is 6.90. The first-order valence-electron chi connectivity index (χ1n) is 9.03. The number of benzene rings is 3. The van der Waals surface area contributed by atoms with Crippen LogP contribution in [0.25, 0.3) is 0 Å². The summed E-state index contributed by atoms with van der Waals surface area (Å²) in [6.07, 6.45) is 0. The maximum atomic E-state index is 13.1. The standard InChI is InChI=1S/C22H21BrN2O4S/c1-15-13-17(23)7-12-21(15)24-22(26)16-5-4-6-20(14-16)30(27,28)25(2)18-8-10-19(29-3)11-9-18/h4-14H,1-3H3,(H,24,26). The monoisotopic (exact) mass is 488 g/mol. The average Bonchev–Trinajstić information content (AvgIpc) is 2.75. The zero-order valence-corrected chi connectivity index (χ0v) is 19.1. The van der Waals surface area contributed by atoms with Crippen LogP contribution < -0.4 is 14.4 Å². The highest BCUT2D eigenvalue weighted by molar-refractivity contribution is 9.10. The van der Waals surface area contributed by atoms with Crippen LogP contribution in [0.5, 0.6) is 5.75 Å².